The molecule has 6 rings (SSSR count). The van der Waals surface area contributed by atoms with Crippen molar-refractivity contribution >= 4 is 24.9 Å². The highest BCUT2D eigenvalue weighted by atomic mass is 16.5. The third-order valence-corrected chi connectivity index (χ3v) is 9.04. The Balaban J connectivity index is 1.49. The molecule has 6 aromatic carbocycles. The SMILES string of the molecule is NN=Cc1ccc(CC(OC(Cc2ccc(C=NN)cc2)c2ccccc2-c2cccc(C=NN)c2)c2ccccc2-c2cccc(C=NN)c2)cc1. The van der Waals surface area contributed by atoms with Gasteiger partial charge in [-0.1, -0.05) is 133 Å². The van der Waals surface area contributed by atoms with E-state index in [1.54, 1.807) is 24.9 Å². The zero-order valence-electron chi connectivity index (χ0n) is 29.2. The van der Waals surface area contributed by atoms with Gasteiger partial charge in [0.1, 0.15) is 0 Å². The first kappa shape index (κ1) is 36.0. The van der Waals surface area contributed by atoms with Gasteiger partial charge in [0, 0.05) is 12.8 Å². The number of benzene rings is 6. The van der Waals surface area contributed by atoms with Crippen LogP contribution in [-0.2, 0) is 17.6 Å². The Morgan fingerprint density at radius 3 is 1.19 bits per heavy atom. The summed E-state index contributed by atoms with van der Waals surface area (Å²) in [7, 11) is 0. The molecule has 0 spiro atoms. The number of nitrogens with two attached hydrogens (primary N) is 4. The van der Waals surface area contributed by atoms with Crippen molar-refractivity contribution < 1.29 is 4.74 Å². The highest BCUT2D eigenvalue weighted by Crippen LogP contribution is 2.40. The van der Waals surface area contributed by atoms with Gasteiger partial charge >= 0.3 is 0 Å². The van der Waals surface area contributed by atoms with Gasteiger partial charge in [0.15, 0.2) is 0 Å². The molecule has 9 nitrogen and oxygen atoms in total. The van der Waals surface area contributed by atoms with E-state index in [1.807, 2.05) is 48.5 Å². The summed E-state index contributed by atoms with van der Waals surface area (Å²) in [5.74, 6) is 21.9. The highest BCUT2D eigenvalue weighted by Gasteiger charge is 2.26. The van der Waals surface area contributed by atoms with Crippen LogP contribution in [-0.4, -0.2) is 24.9 Å². The van der Waals surface area contributed by atoms with Crippen LogP contribution in [0.25, 0.3) is 22.3 Å². The maximum absolute atomic E-state index is 7.48. The molecular weight excluding hydrogens is 657 g/mol. The van der Waals surface area contributed by atoms with Gasteiger partial charge in [-0.2, -0.15) is 20.4 Å². The van der Waals surface area contributed by atoms with E-state index in [-0.39, 0.29) is 12.2 Å². The number of ether oxygens (including phenoxy) is 1. The van der Waals surface area contributed by atoms with Crippen molar-refractivity contribution in [2.45, 2.75) is 25.0 Å². The average molecular weight is 699 g/mol. The first-order valence-electron chi connectivity index (χ1n) is 17.2. The van der Waals surface area contributed by atoms with Gasteiger partial charge in [-0.25, -0.2) is 0 Å². The maximum Gasteiger partial charge on any atom is 0.0879 e. The van der Waals surface area contributed by atoms with Gasteiger partial charge in [-0.15, -0.1) is 0 Å². The third kappa shape index (κ3) is 9.29. The fourth-order valence-electron chi connectivity index (χ4n) is 6.57. The fraction of sp³-hybridized carbons (Fsp3) is 0.0909. The number of nitrogens with zero attached hydrogens (tertiary/aromatic N) is 4. The molecule has 0 saturated heterocycles. The lowest BCUT2D eigenvalue weighted by molar-refractivity contribution is -0.0143. The van der Waals surface area contributed by atoms with Gasteiger partial charge in [-0.3, -0.25) is 0 Å². The first-order valence-corrected chi connectivity index (χ1v) is 17.2. The number of rotatable bonds is 14. The second-order valence-corrected chi connectivity index (χ2v) is 12.5. The largest absolute Gasteiger partial charge is 0.365 e. The van der Waals surface area contributed by atoms with Crippen LogP contribution in [0.1, 0.15) is 56.7 Å². The summed E-state index contributed by atoms with van der Waals surface area (Å²) in [6.45, 7) is 0. The normalized spacial score (nSPS) is 13.0. The van der Waals surface area contributed by atoms with Crippen LogP contribution < -0.4 is 23.4 Å². The van der Waals surface area contributed by atoms with E-state index in [9.17, 15) is 0 Å². The van der Waals surface area contributed by atoms with Crippen molar-refractivity contribution in [1.82, 2.24) is 0 Å². The monoisotopic (exact) mass is 698 g/mol. The van der Waals surface area contributed by atoms with Crippen LogP contribution in [0.5, 0.6) is 0 Å². The Hall–Kier alpha value is -6.84. The molecule has 0 heterocycles. The topological polar surface area (TPSA) is 163 Å². The molecule has 0 saturated carbocycles. The zero-order valence-corrected chi connectivity index (χ0v) is 29.2. The lowest BCUT2D eigenvalue weighted by Crippen LogP contribution is -2.17. The molecule has 0 bridgehead atoms. The van der Waals surface area contributed by atoms with Gasteiger partial charge in [0.05, 0.1) is 37.1 Å². The van der Waals surface area contributed by atoms with Crippen LogP contribution in [0.4, 0.5) is 0 Å². The van der Waals surface area contributed by atoms with Crippen molar-refractivity contribution in [1.29, 1.82) is 0 Å². The molecule has 0 aliphatic heterocycles. The molecule has 0 aromatic heterocycles. The number of hydrazone groups is 4. The van der Waals surface area contributed by atoms with E-state index < -0.39 is 0 Å². The third-order valence-electron chi connectivity index (χ3n) is 9.04. The summed E-state index contributed by atoms with van der Waals surface area (Å²) < 4.78 is 7.48. The zero-order chi connectivity index (χ0) is 36.8. The van der Waals surface area contributed by atoms with Gasteiger partial charge in [-0.05, 0) is 78.9 Å². The molecule has 0 aliphatic rings. The lowest BCUT2D eigenvalue weighted by atomic mass is 9.90. The van der Waals surface area contributed by atoms with Gasteiger partial charge in [0.25, 0.3) is 0 Å². The molecule has 0 radical (unpaired) electrons. The minimum atomic E-state index is -0.357. The van der Waals surface area contributed by atoms with E-state index in [0.717, 1.165) is 66.8 Å². The lowest BCUT2D eigenvalue weighted by Gasteiger charge is -2.29. The summed E-state index contributed by atoms with van der Waals surface area (Å²) in [5, 5.41) is 14.9. The Morgan fingerprint density at radius 1 is 0.415 bits per heavy atom. The van der Waals surface area contributed by atoms with E-state index in [2.05, 4.69) is 117 Å². The van der Waals surface area contributed by atoms with Crippen LogP contribution in [0, 0.1) is 0 Å². The second kappa shape index (κ2) is 17.9. The summed E-state index contributed by atoms with van der Waals surface area (Å²) in [6, 6.07) is 49.6. The van der Waals surface area contributed by atoms with Crippen molar-refractivity contribution in [3.05, 3.63) is 190 Å². The van der Waals surface area contributed by atoms with Crippen molar-refractivity contribution in [2.75, 3.05) is 0 Å². The van der Waals surface area contributed by atoms with E-state index >= 15 is 0 Å². The molecule has 53 heavy (non-hydrogen) atoms. The van der Waals surface area contributed by atoms with Crippen LogP contribution in [0.15, 0.2) is 166 Å². The van der Waals surface area contributed by atoms with Crippen molar-refractivity contribution in [3.63, 3.8) is 0 Å². The quantitative estimate of drug-likeness (QED) is 0.0526. The molecule has 0 amide bonds. The molecule has 0 fully saturated rings. The minimum Gasteiger partial charge on any atom is -0.365 e. The maximum atomic E-state index is 7.48. The number of hydrogen-bond donors (Lipinski definition) is 4. The summed E-state index contributed by atoms with van der Waals surface area (Å²) >= 11 is 0. The molecular formula is C44H42N8O. The Morgan fingerprint density at radius 2 is 0.792 bits per heavy atom. The van der Waals surface area contributed by atoms with Crippen molar-refractivity contribution in [3.8, 4) is 22.3 Å². The van der Waals surface area contributed by atoms with Crippen LogP contribution in [0.2, 0.25) is 0 Å². The summed E-state index contributed by atoms with van der Waals surface area (Å²) in [5.41, 5.74) is 12.2. The number of hydrogen-bond acceptors (Lipinski definition) is 9. The minimum absolute atomic E-state index is 0.357. The molecule has 264 valence electrons. The van der Waals surface area contributed by atoms with Crippen molar-refractivity contribution in [2.24, 2.45) is 43.8 Å². The molecule has 8 N–H and O–H groups in total. The molecule has 2 atom stereocenters. The molecule has 2 unspecified atom stereocenters. The smallest absolute Gasteiger partial charge is 0.0879 e. The predicted octanol–water partition coefficient (Wildman–Crippen LogP) is 7.48. The fourth-order valence-corrected chi connectivity index (χ4v) is 6.57. The van der Waals surface area contributed by atoms with Crippen LogP contribution >= 0.6 is 0 Å². The van der Waals surface area contributed by atoms with E-state index in [4.69, 9.17) is 28.1 Å². The molecule has 9 heteroatoms. The van der Waals surface area contributed by atoms with Gasteiger partial charge < -0.3 is 28.1 Å². The van der Waals surface area contributed by atoms with Gasteiger partial charge in [0.2, 0.25) is 0 Å². The predicted molar refractivity (Wildman–Crippen MR) is 218 cm³/mol. The summed E-state index contributed by atoms with van der Waals surface area (Å²) in [4.78, 5) is 0. The highest BCUT2D eigenvalue weighted by molar-refractivity contribution is 5.84. The Labute approximate surface area is 310 Å². The van der Waals surface area contributed by atoms with E-state index in [0.29, 0.717) is 12.8 Å². The average Bonchev–Trinajstić information content (AvgIpc) is 3.19. The summed E-state index contributed by atoms with van der Waals surface area (Å²) in [6.07, 6.45) is 7.07. The molecule has 6 aromatic rings. The first-order chi connectivity index (χ1) is 26.1. The standard InChI is InChI=1S/C44H42N8O/c45-49-27-33-19-15-31(16-20-33)25-43(41-13-3-1-11-39(41)37-9-5-7-35(23-37)29-51-47)53-44(26-32-17-21-34(22-18-32)28-50-46)42-14-4-2-12-40(42)38-10-6-8-36(24-38)30-52-48/h1-24,27-30,43-44H,25-26,45-48H2. The molecule has 0 aliphatic carbocycles. The Kier molecular flexibility index (Phi) is 12.1. The second-order valence-electron chi connectivity index (χ2n) is 12.5. The van der Waals surface area contributed by atoms with E-state index in [1.165, 1.54) is 0 Å². The van der Waals surface area contributed by atoms with Crippen LogP contribution in [0.3, 0.4) is 0 Å². The Bertz CT molecular complexity index is 2070.